The van der Waals surface area contributed by atoms with Gasteiger partial charge >= 0.3 is 5.38 Å². The summed E-state index contributed by atoms with van der Waals surface area (Å²) in [6.45, 7) is 2.50. The minimum Gasteiger partial charge on any atom is -0.333 e. The lowest BCUT2D eigenvalue weighted by molar-refractivity contribution is -0.132. The number of hydrogen-bond acceptors (Lipinski definition) is 3. The lowest BCUT2D eigenvalue weighted by atomic mass is 10.1. The number of alkyl halides is 3. The molecule has 0 bridgehead atoms. The number of amides is 1. The van der Waals surface area contributed by atoms with E-state index >= 15 is 0 Å². The number of fused-ring (bicyclic) bond motifs is 1. The van der Waals surface area contributed by atoms with Gasteiger partial charge in [-0.2, -0.15) is 8.78 Å². The first kappa shape index (κ1) is 17.1. The van der Waals surface area contributed by atoms with Crippen molar-refractivity contribution in [1.82, 2.24) is 19.7 Å². The number of rotatable bonds is 3. The zero-order chi connectivity index (χ0) is 17.5. The molecule has 0 atom stereocenters. The van der Waals surface area contributed by atoms with Crippen LogP contribution in [-0.4, -0.2) is 32.1 Å². The van der Waals surface area contributed by atoms with Crippen LogP contribution in [0.1, 0.15) is 22.8 Å². The van der Waals surface area contributed by atoms with Crippen molar-refractivity contribution in [2.75, 3.05) is 6.54 Å². The molecule has 5 nitrogen and oxygen atoms in total. The van der Waals surface area contributed by atoms with Crippen molar-refractivity contribution in [3.63, 3.8) is 0 Å². The summed E-state index contributed by atoms with van der Waals surface area (Å²) in [4.78, 5) is 14.1. The summed E-state index contributed by atoms with van der Waals surface area (Å²) < 4.78 is 27.8. The maximum atomic E-state index is 13.2. The number of aromatic nitrogens is 3. The average molecular weight is 375 g/mol. The predicted octanol–water partition coefficient (Wildman–Crippen LogP) is 3.11. The first-order chi connectivity index (χ1) is 11.3. The number of carbonyl (C=O) groups excluding carboxylic acids is 1. The van der Waals surface area contributed by atoms with Gasteiger partial charge in [0, 0.05) is 18.1 Å². The highest BCUT2D eigenvalue weighted by atomic mass is 35.5. The molecule has 2 aromatic rings. The highest BCUT2D eigenvalue weighted by Gasteiger charge is 2.37. The molecule has 1 aromatic heterocycles. The Kier molecular flexibility index (Phi) is 4.48. The fraction of sp³-hybridized carbons (Fsp3) is 0.400. The molecule has 1 aliphatic heterocycles. The van der Waals surface area contributed by atoms with Gasteiger partial charge in [0.25, 0.3) is 0 Å². The monoisotopic (exact) mass is 374 g/mol. The lowest BCUT2D eigenvalue weighted by Gasteiger charge is -2.28. The van der Waals surface area contributed by atoms with Gasteiger partial charge in [-0.1, -0.05) is 17.7 Å². The Bertz CT molecular complexity index is 788. The summed E-state index contributed by atoms with van der Waals surface area (Å²) in [5.74, 6) is -0.383. The van der Waals surface area contributed by atoms with Gasteiger partial charge in [-0.05, 0) is 41.8 Å². The molecule has 1 amide bonds. The van der Waals surface area contributed by atoms with Crippen LogP contribution in [0.5, 0.6) is 0 Å². The normalized spacial score (nSPS) is 14.6. The Labute approximate surface area is 147 Å². The van der Waals surface area contributed by atoms with Gasteiger partial charge in [-0.15, -0.1) is 10.2 Å². The van der Waals surface area contributed by atoms with Crippen molar-refractivity contribution in [2.45, 2.75) is 31.8 Å². The summed E-state index contributed by atoms with van der Waals surface area (Å²) in [6.07, 6.45) is 0.218. The van der Waals surface area contributed by atoms with Crippen LogP contribution in [0.4, 0.5) is 8.78 Å². The summed E-state index contributed by atoms with van der Waals surface area (Å²) in [5, 5.41) is 4.22. The van der Waals surface area contributed by atoms with Crippen LogP contribution in [0.2, 0.25) is 5.02 Å². The van der Waals surface area contributed by atoms with Crippen molar-refractivity contribution in [2.24, 2.45) is 0 Å². The first-order valence-electron chi connectivity index (χ1n) is 7.28. The third-order valence-corrected chi connectivity index (χ3v) is 4.41. The summed E-state index contributed by atoms with van der Waals surface area (Å²) in [7, 11) is 0. The molecule has 0 aliphatic carbocycles. The number of hydrogen-bond donors (Lipinski definition) is 0. The first-order valence-corrected chi connectivity index (χ1v) is 8.03. The Morgan fingerprint density at radius 2 is 2.08 bits per heavy atom. The Hall–Kier alpha value is -1.73. The van der Waals surface area contributed by atoms with Crippen LogP contribution in [0.25, 0.3) is 0 Å². The summed E-state index contributed by atoms with van der Waals surface area (Å²) >= 11 is 10.9. The molecule has 1 aliphatic rings. The molecule has 0 saturated heterocycles. The lowest BCUT2D eigenvalue weighted by Crippen LogP contribution is -2.40. The quantitative estimate of drug-likeness (QED) is 0.775. The van der Waals surface area contributed by atoms with E-state index in [4.69, 9.17) is 23.2 Å². The standard InChI is InChI=1S/C15H14Cl2F2N4O/c1-9-6-11(16)3-2-10(9)7-13(24)22-4-5-23-12(8-22)20-21-14(23)15(17,18)19/h2-3,6H,4-5,7-8H2,1H3. The second kappa shape index (κ2) is 6.29. The van der Waals surface area contributed by atoms with Crippen LogP contribution in [-0.2, 0) is 29.7 Å². The Morgan fingerprint density at radius 1 is 1.33 bits per heavy atom. The molecule has 128 valence electrons. The SMILES string of the molecule is Cc1cc(Cl)ccc1CC(=O)N1CCn2c(nnc2C(F)(F)Cl)C1. The molecule has 0 unspecified atom stereocenters. The van der Waals surface area contributed by atoms with Crippen LogP contribution in [0, 0.1) is 6.92 Å². The van der Waals surface area contributed by atoms with Crippen LogP contribution >= 0.6 is 23.2 Å². The molecule has 0 spiro atoms. The van der Waals surface area contributed by atoms with Gasteiger partial charge in [-0.25, -0.2) is 0 Å². The molecule has 0 saturated carbocycles. The zero-order valence-electron chi connectivity index (χ0n) is 12.8. The third kappa shape index (κ3) is 3.37. The van der Waals surface area contributed by atoms with Crippen LogP contribution in [0.15, 0.2) is 18.2 Å². The number of halogens is 4. The largest absolute Gasteiger partial charge is 0.381 e. The van der Waals surface area contributed by atoms with Crippen LogP contribution in [0.3, 0.4) is 0 Å². The van der Waals surface area contributed by atoms with Gasteiger partial charge in [-0.3, -0.25) is 4.79 Å². The maximum Gasteiger partial charge on any atom is 0.381 e. The van der Waals surface area contributed by atoms with Crippen molar-refractivity contribution in [1.29, 1.82) is 0 Å². The van der Waals surface area contributed by atoms with Gasteiger partial charge in [0.1, 0.15) is 0 Å². The molecular formula is C15H14Cl2F2N4O. The van der Waals surface area contributed by atoms with E-state index in [9.17, 15) is 13.6 Å². The average Bonchev–Trinajstić information content (AvgIpc) is 2.93. The molecule has 0 radical (unpaired) electrons. The molecule has 24 heavy (non-hydrogen) atoms. The van der Waals surface area contributed by atoms with E-state index in [0.717, 1.165) is 11.1 Å². The molecule has 9 heteroatoms. The van der Waals surface area contributed by atoms with Crippen molar-refractivity contribution < 1.29 is 13.6 Å². The van der Waals surface area contributed by atoms with E-state index in [1.807, 2.05) is 13.0 Å². The summed E-state index contributed by atoms with van der Waals surface area (Å²) in [5.41, 5.74) is 1.81. The molecule has 0 N–H and O–H groups in total. The predicted molar refractivity (Wildman–Crippen MR) is 85.1 cm³/mol. The van der Waals surface area contributed by atoms with E-state index in [2.05, 4.69) is 10.2 Å². The maximum absolute atomic E-state index is 13.2. The van der Waals surface area contributed by atoms with Gasteiger partial charge in [0.2, 0.25) is 11.7 Å². The second-order valence-electron chi connectivity index (χ2n) is 5.65. The van der Waals surface area contributed by atoms with Crippen LogP contribution < -0.4 is 0 Å². The smallest absolute Gasteiger partial charge is 0.333 e. The van der Waals surface area contributed by atoms with Gasteiger partial charge in [0.15, 0.2) is 5.82 Å². The number of carbonyl (C=O) groups is 1. The number of nitrogens with zero attached hydrogens (tertiary/aromatic N) is 4. The van der Waals surface area contributed by atoms with Crippen molar-refractivity contribution in [3.8, 4) is 0 Å². The molecule has 1 aromatic carbocycles. The third-order valence-electron chi connectivity index (χ3n) is 4.01. The molecule has 3 rings (SSSR count). The molecule has 0 fully saturated rings. The molecule has 2 heterocycles. The Morgan fingerprint density at radius 3 is 2.75 bits per heavy atom. The van der Waals surface area contributed by atoms with Gasteiger partial charge in [0.05, 0.1) is 13.0 Å². The van der Waals surface area contributed by atoms with Crippen molar-refractivity contribution in [3.05, 3.63) is 46.0 Å². The number of benzene rings is 1. The van der Waals surface area contributed by atoms with E-state index < -0.39 is 11.2 Å². The minimum absolute atomic E-state index is 0.103. The van der Waals surface area contributed by atoms with Gasteiger partial charge < -0.3 is 9.47 Å². The van der Waals surface area contributed by atoms with E-state index in [1.54, 1.807) is 17.0 Å². The highest BCUT2D eigenvalue weighted by molar-refractivity contribution is 6.30. The van der Waals surface area contributed by atoms with Crippen molar-refractivity contribution >= 4 is 29.1 Å². The fourth-order valence-corrected chi connectivity index (χ4v) is 3.08. The number of aryl methyl sites for hydroxylation is 1. The van der Waals surface area contributed by atoms with E-state index in [0.29, 0.717) is 17.4 Å². The van der Waals surface area contributed by atoms with E-state index in [-0.39, 0.29) is 25.4 Å². The fourth-order valence-electron chi connectivity index (χ4n) is 2.71. The highest BCUT2D eigenvalue weighted by Crippen LogP contribution is 2.32. The topological polar surface area (TPSA) is 51.0 Å². The zero-order valence-corrected chi connectivity index (χ0v) is 14.3. The van der Waals surface area contributed by atoms with E-state index in [1.165, 1.54) is 4.57 Å². The molecular weight excluding hydrogens is 361 g/mol. The second-order valence-corrected chi connectivity index (χ2v) is 6.56. The Balaban J connectivity index is 1.73. The summed E-state index contributed by atoms with van der Waals surface area (Å²) in [6, 6.07) is 5.35. The minimum atomic E-state index is -3.57.